The van der Waals surface area contributed by atoms with Crippen LogP contribution >= 0.6 is 43.2 Å². The van der Waals surface area contributed by atoms with Gasteiger partial charge in [-0.1, -0.05) is 29.8 Å². The number of hydrogen-bond acceptors (Lipinski definition) is 2. The van der Waals surface area contributed by atoms with Gasteiger partial charge in [-0.15, -0.1) is 11.3 Å². The summed E-state index contributed by atoms with van der Waals surface area (Å²) in [6.07, 6.45) is 0.875. The normalized spacial score (nSPS) is 12.7. The van der Waals surface area contributed by atoms with E-state index in [9.17, 15) is 0 Å². The van der Waals surface area contributed by atoms with E-state index < -0.39 is 0 Å². The van der Waals surface area contributed by atoms with E-state index >= 15 is 0 Å². The molecule has 0 fully saturated rings. The summed E-state index contributed by atoms with van der Waals surface area (Å²) in [6, 6.07) is 10.7. The van der Waals surface area contributed by atoms with Crippen LogP contribution in [0, 0.1) is 6.92 Å². The number of aryl methyl sites for hydroxylation is 1. The van der Waals surface area contributed by atoms with Crippen LogP contribution in [0.5, 0.6) is 0 Å². The Labute approximate surface area is 122 Å². The van der Waals surface area contributed by atoms with Crippen molar-refractivity contribution in [3.8, 4) is 0 Å². The van der Waals surface area contributed by atoms with Crippen LogP contribution < -0.4 is 5.73 Å². The summed E-state index contributed by atoms with van der Waals surface area (Å²) < 4.78 is 2.18. The van der Waals surface area contributed by atoms with Crippen molar-refractivity contribution in [3.05, 3.63) is 54.6 Å². The fourth-order valence-electron chi connectivity index (χ4n) is 1.62. The second-order valence-corrected chi connectivity index (χ2v) is 7.32. The second-order valence-electron chi connectivity index (χ2n) is 4.07. The van der Waals surface area contributed by atoms with E-state index in [0.29, 0.717) is 0 Å². The molecule has 90 valence electrons. The fraction of sp³-hybridized carbons (Fsp3) is 0.231. The van der Waals surface area contributed by atoms with E-state index in [2.05, 4.69) is 69.1 Å². The molecule has 1 unspecified atom stereocenters. The standard InChI is InChI=1S/C13H13Br2NS/c1-8-2-4-9(5-3-8)6-11(16)12-7-10(14)13(15)17-12/h2-5,7,11H,6,16H2,1H3. The number of hydrogen-bond donors (Lipinski definition) is 1. The van der Waals surface area contributed by atoms with E-state index in [4.69, 9.17) is 5.73 Å². The van der Waals surface area contributed by atoms with Crippen LogP contribution in [0.15, 0.2) is 38.6 Å². The number of halogens is 2. The molecule has 1 nitrogen and oxygen atoms in total. The molecule has 0 radical (unpaired) electrons. The number of rotatable bonds is 3. The van der Waals surface area contributed by atoms with Crippen molar-refractivity contribution in [2.24, 2.45) is 5.73 Å². The highest BCUT2D eigenvalue weighted by atomic mass is 79.9. The van der Waals surface area contributed by atoms with Crippen molar-refractivity contribution in [2.45, 2.75) is 19.4 Å². The lowest BCUT2D eigenvalue weighted by molar-refractivity contribution is 0.736. The first-order valence-corrected chi connectivity index (χ1v) is 7.72. The van der Waals surface area contributed by atoms with Gasteiger partial charge in [0, 0.05) is 15.4 Å². The lowest BCUT2D eigenvalue weighted by atomic mass is 10.0. The lowest BCUT2D eigenvalue weighted by Crippen LogP contribution is -2.11. The smallest absolute Gasteiger partial charge is 0.0843 e. The van der Waals surface area contributed by atoms with Crippen LogP contribution in [0.2, 0.25) is 0 Å². The van der Waals surface area contributed by atoms with Crippen molar-refractivity contribution >= 4 is 43.2 Å². The zero-order valence-electron chi connectivity index (χ0n) is 9.41. The third-order valence-electron chi connectivity index (χ3n) is 2.61. The Morgan fingerprint density at radius 3 is 2.41 bits per heavy atom. The second kappa shape index (κ2) is 5.65. The first kappa shape index (κ1) is 13.3. The van der Waals surface area contributed by atoms with Crippen molar-refractivity contribution in [1.82, 2.24) is 0 Å². The Morgan fingerprint density at radius 2 is 1.88 bits per heavy atom. The molecule has 0 aliphatic rings. The molecule has 1 atom stereocenters. The van der Waals surface area contributed by atoms with Crippen molar-refractivity contribution in [3.63, 3.8) is 0 Å². The number of benzene rings is 1. The van der Waals surface area contributed by atoms with Crippen LogP contribution in [0.1, 0.15) is 22.0 Å². The predicted octanol–water partition coefficient (Wildman–Crippen LogP) is 4.82. The minimum absolute atomic E-state index is 0.0605. The summed E-state index contributed by atoms with van der Waals surface area (Å²) in [5.74, 6) is 0. The van der Waals surface area contributed by atoms with E-state index in [0.717, 1.165) is 14.7 Å². The highest BCUT2D eigenvalue weighted by Gasteiger charge is 2.12. The third kappa shape index (κ3) is 3.41. The molecule has 1 heterocycles. The molecule has 0 bridgehead atoms. The minimum atomic E-state index is 0.0605. The molecule has 4 heteroatoms. The van der Waals surface area contributed by atoms with Crippen LogP contribution in [0.25, 0.3) is 0 Å². The van der Waals surface area contributed by atoms with E-state index in [-0.39, 0.29) is 6.04 Å². The quantitative estimate of drug-likeness (QED) is 0.818. The van der Waals surface area contributed by atoms with Gasteiger partial charge in [-0.25, -0.2) is 0 Å². The molecular weight excluding hydrogens is 362 g/mol. The SMILES string of the molecule is Cc1ccc(CC(N)c2cc(Br)c(Br)s2)cc1. The lowest BCUT2D eigenvalue weighted by Gasteiger charge is -2.09. The summed E-state index contributed by atoms with van der Waals surface area (Å²) in [4.78, 5) is 1.20. The topological polar surface area (TPSA) is 26.0 Å². The Morgan fingerprint density at radius 1 is 1.24 bits per heavy atom. The summed E-state index contributed by atoms with van der Waals surface area (Å²) in [7, 11) is 0. The summed E-state index contributed by atoms with van der Waals surface area (Å²) in [5.41, 5.74) is 8.78. The maximum Gasteiger partial charge on any atom is 0.0843 e. The van der Waals surface area contributed by atoms with E-state index in [1.54, 1.807) is 11.3 Å². The van der Waals surface area contributed by atoms with Crippen LogP contribution in [0.3, 0.4) is 0 Å². The predicted molar refractivity (Wildman–Crippen MR) is 81.5 cm³/mol. The molecule has 0 spiro atoms. The Balaban J connectivity index is 2.11. The van der Waals surface area contributed by atoms with E-state index in [1.165, 1.54) is 16.0 Å². The molecule has 0 amide bonds. The van der Waals surface area contributed by atoms with Gasteiger partial charge >= 0.3 is 0 Å². The van der Waals surface area contributed by atoms with Gasteiger partial charge in [-0.2, -0.15) is 0 Å². The van der Waals surface area contributed by atoms with Gasteiger partial charge in [0.25, 0.3) is 0 Å². The van der Waals surface area contributed by atoms with Gasteiger partial charge in [-0.05, 0) is 56.8 Å². The molecule has 2 aromatic rings. The zero-order chi connectivity index (χ0) is 12.4. The molecule has 17 heavy (non-hydrogen) atoms. The van der Waals surface area contributed by atoms with Gasteiger partial charge in [0.05, 0.1) is 3.79 Å². The Hall–Kier alpha value is -0.160. The van der Waals surface area contributed by atoms with Crippen LogP contribution in [-0.4, -0.2) is 0 Å². The molecular formula is C13H13Br2NS. The average molecular weight is 375 g/mol. The van der Waals surface area contributed by atoms with Gasteiger partial charge < -0.3 is 5.73 Å². The van der Waals surface area contributed by atoms with Crippen molar-refractivity contribution in [1.29, 1.82) is 0 Å². The highest BCUT2D eigenvalue weighted by molar-refractivity contribution is 9.13. The summed E-state index contributed by atoms with van der Waals surface area (Å²) in [5, 5.41) is 0. The molecule has 1 aromatic heterocycles. The Kier molecular flexibility index (Phi) is 4.42. The van der Waals surface area contributed by atoms with E-state index in [1.807, 2.05) is 0 Å². The fourth-order valence-corrected chi connectivity index (χ4v) is 3.72. The average Bonchev–Trinajstić information content (AvgIpc) is 2.63. The molecule has 0 saturated heterocycles. The largest absolute Gasteiger partial charge is 0.323 e. The monoisotopic (exact) mass is 373 g/mol. The first-order valence-electron chi connectivity index (χ1n) is 5.32. The van der Waals surface area contributed by atoms with Crippen molar-refractivity contribution < 1.29 is 0 Å². The maximum atomic E-state index is 6.22. The van der Waals surface area contributed by atoms with Gasteiger partial charge in [0.2, 0.25) is 0 Å². The molecule has 0 aliphatic carbocycles. The molecule has 1 aromatic carbocycles. The minimum Gasteiger partial charge on any atom is -0.323 e. The van der Waals surface area contributed by atoms with Gasteiger partial charge in [0.1, 0.15) is 0 Å². The summed E-state index contributed by atoms with van der Waals surface area (Å²) >= 11 is 8.67. The molecule has 2 N–H and O–H groups in total. The maximum absolute atomic E-state index is 6.22. The summed E-state index contributed by atoms with van der Waals surface area (Å²) in [6.45, 7) is 2.09. The Bertz CT molecular complexity index is 485. The van der Waals surface area contributed by atoms with Crippen LogP contribution in [0.4, 0.5) is 0 Å². The van der Waals surface area contributed by atoms with Crippen molar-refractivity contribution in [2.75, 3.05) is 0 Å². The van der Waals surface area contributed by atoms with Gasteiger partial charge in [0.15, 0.2) is 0 Å². The zero-order valence-corrected chi connectivity index (χ0v) is 13.4. The van der Waals surface area contributed by atoms with Gasteiger partial charge in [-0.3, -0.25) is 0 Å². The molecule has 0 aliphatic heterocycles. The van der Waals surface area contributed by atoms with Crippen LogP contribution in [-0.2, 0) is 6.42 Å². The first-order chi connectivity index (χ1) is 8.06. The molecule has 2 rings (SSSR count). The highest BCUT2D eigenvalue weighted by Crippen LogP contribution is 2.35. The number of nitrogens with two attached hydrogens (primary N) is 1. The number of thiophene rings is 1. The molecule has 0 saturated carbocycles. The third-order valence-corrected chi connectivity index (χ3v) is 5.99.